The third-order valence-electron chi connectivity index (χ3n) is 0.308. The van der Waals surface area contributed by atoms with Crippen molar-refractivity contribution in [1.29, 1.82) is 0 Å². The van der Waals surface area contributed by atoms with Crippen molar-refractivity contribution in [1.82, 2.24) is 0 Å². The van der Waals surface area contributed by atoms with Crippen LogP contribution in [-0.2, 0) is 0 Å². The van der Waals surface area contributed by atoms with E-state index in [0.29, 0.717) is 5.17 Å². The molecule has 0 saturated heterocycles. The van der Waals surface area contributed by atoms with Crippen molar-refractivity contribution >= 4 is 29.2 Å². The van der Waals surface area contributed by atoms with Gasteiger partial charge in [-0.15, -0.1) is 12.4 Å². The van der Waals surface area contributed by atoms with Gasteiger partial charge in [0.1, 0.15) is 0 Å². The molecule has 6 heavy (non-hydrogen) atoms. The maximum atomic E-state index is 5.21. The summed E-state index contributed by atoms with van der Waals surface area (Å²) in [6, 6.07) is 0. The summed E-state index contributed by atoms with van der Waals surface area (Å²) in [6.45, 7) is 1.74. The third kappa shape index (κ3) is 8.87. The molecule has 3 heteroatoms. The van der Waals surface area contributed by atoms with Gasteiger partial charge in [-0.25, -0.2) is 0 Å². The number of halogens is 2. The van der Waals surface area contributed by atoms with E-state index in [0.717, 1.165) is 0 Å². The maximum Gasteiger partial charge on any atom is 0.0968 e. The Morgan fingerprint density at radius 1 is 1.67 bits per heavy atom. The van der Waals surface area contributed by atoms with Crippen molar-refractivity contribution in [3.05, 3.63) is 0 Å². The van der Waals surface area contributed by atoms with Crippen molar-refractivity contribution in [2.75, 3.05) is 7.05 Å². The summed E-state index contributed by atoms with van der Waals surface area (Å²) in [5.74, 6) is 0. The van der Waals surface area contributed by atoms with Crippen LogP contribution in [0.4, 0.5) is 0 Å². The van der Waals surface area contributed by atoms with Gasteiger partial charge >= 0.3 is 0 Å². The van der Waals surface area contributed by atoms with Crippen LogP contribution in [0, 0.1) is 0 Å². The fraction of sp³-hybridized carbons (Fsp3) is 0.667. The van der Waals surface area contributed by atoms with Gasteiger partial charge in [0.15, 0.2) is 0 Å². The van der Waals surface area contributed by atoms with E-state index in [1.807, 2.05) is 0 Å². The van der Waals surface area contributed by atoms with Crippen molar-refractivity contribution in [3.8, 4) is 0 Å². The van der Waals surface area contributed by atoms with Crippen molar-refractivity contribution < 1.29 is 0 Å². The van der Waals surface area contributed by atoms with Gasteiger partial charge in [-0.1, -0.05) is 11.6 Å². The van der Waals surface area contributed by atoms with Crippen molar-refractivity contribution in [3.63, 3.8) is 0 Å². The maximum absolute atomic E-state index is 5.21. The van der Waals surface area contributed by atoms with Gasteiger partial charge in [0, 0.05) is 7.05 Å². The SMILES string of the molecule is C/N=C(/C)Cl.Cl. The highest BCUT2D eigenvalue weighted by Gasteiger charge is 1.66. The number of aliphatic imine (C=N–C) groups is 1. The summed E-state index contributed by atoms with van der Waals surface area (Å²) in [5, 5.41) is 0.602. The molecule has 0 bridgehead atoms. The van der Waals surface area contributed by atoms with Crippen LogP contribution in [0.5, 0.6) is 0 Å². The summed E-state index contributed by atoms with van der Waals surface area (Å²) in [4.78, 5) is 3.57. The monoisotopic (exact) mass is 127 g/mol. The molecule has 0 unspecified atom stereocenters. The van der Waals surface area contributed by atoms with Crippen molar-refractivity contribution in [2.45, 2.75) is 6.92 Å². The number of rotatable bonds is 0. The molecule has 0 amide bonds. The molecular weight excluding hydrogens is 121 g/mol. The lowest BCUT2D eigenvalue weighted by molar-refractivity contribution is 1.45. The minimum Gasteiger partial charge on any atom is -0.281 e. The minimum absolute atomic E-state index is 0. The molecule has 0 aromatic carbocycles. The van der Waals surface area contributed by atoms with Gasteiger partial charge in [-0.05, 0) is 6.92 Å². The van der Waals surface area contributed by atoms with Gasteiger partial charge in [-0.2, -0.15) is 0 Å². The molecule has 1 nitrogen and oxygen atoms in total. The second kappa shape index (κ2) is 5.25. The summed E-state index contributed by atoms with van der Waals surface area (Å²) in [5.41, 5.74) is 0. The summed E-state index contributed by atoms with van der Waals surface area (Å²) < 4.78 is 0. The Labute approximate surface area is 48.8 Å². The molecule has 0 saturated carbocycles. The molecule has 38 valence electrons. The Hall–Kier alpha value is 0.250. The highest BCUT2D eigenvalue weighted by molar-refractivity contribution is 6.64. The normalized spacial score (nSPS) is 10.2. The van der Waals surface area contributed by atoms with E-state index >= 15 is 0 Å². The molecule has 0 radical (unpaired) electrons. The van der Waals surface area contributed by atoms with Crippen LogP contribution in [0.25, 0.3) is 0 Å². The third-order valence-corrected chi connectivity index (χ3v) is 0.477. The topological polar surface area (TPSA) is 12.4 Å². The Bertz CT molecular complexity index is 46.8. The molecular formula is C3H7Cl2N. The molecule has 0 aliphatic rings. The molecule has 0 fully saturated rings. The first kappa shape index (κ1) is 9.54. The quantitative estimate of drug-likeness (QED) is 0.440. The van der Waals surface area contributed by atoms with Crippen LogP contribution >= 0.6 is 24.0 Å². The van der Waals surface area contributed by atoms with Gasteiger partial charge in [0.2, 0.25) is 0 Å². The zero-order valence-electron chi connectivity index (χ0n) is 3.73. The average molecular weight is 128 g/mol. The van der Waals surface area contributed by atoms with E-state index in [1.165, 1.54) is 0 Å². The second-order valence-electron chi connectivity index (χ2n) is 0.721. The van der Waals surface area contributed by atoms with E-state index in [9.17, 15) is 0 Å². The van der Waals surface area contributed by atoms with Gasteiger partial charge < -0.3 is 0 Å². The predicted molar refractivity (Wildman–Crippen MR) is 32.1 cm³/mol. The molecule has 0 aliphatic heterocycles. The van der Waals surface area contributed by atoms with Crippen LogP contribution in [0.1, 0.15) is 6.92 Å². The van der Waals surface area contributed by atoms with E-state index in [2.05, 4.69) is 4.99 Å². The Kier molecular flexibility index (Phi) is 8.35. The lowest BCUT2D eigenvalue weighted by atomic mass is 10.9. The van der Waals surface area contributed by atoms with Gasteiger partial charge in [0.05, 0.1) is 5.17 Å². The van der Waals surface area contributed by atoms with Crippen LogP contribution in [-0.4, -0.2) is 12.2 Å². The van der Waals surface area contributed by atoms with Crippen LogP contribution in [0.2, 0.25) is 0 Å². The molecule has 0 atom stereocenters. The fourth-order valence-electron chi connectivity index (χ4n) is 0. The van der Waals surface area contributed by atoms with Crippen LogP contribution < -0.4 is 0 Å². The number of nitrogens with zero attached hydrogens (tertiary/aromatic N) is 1. The van der Waals surface area contributed by atoms with Gasteiger partial charge in [-0.3, -0.25) is 4.99 Å². The van der Waals surface area contributed by atoms with E-state index < -0.39 is 0 Å². The summed E-state index contributed by atoms with van der Waals surface area (Å²) in [6.07, 6.45) is 0. The molecule has 0 spiro atoms. The smallest absolute Gasteiger partial charge is 0.0968 e. The van der Waals surface area contributed by atoms with E-state index in [4.69, 9.17) is 11.6 Å². The van der Waals surface area contributed by atoms with Gasteiger partial charge in [0.25, 0.3) is 0 Å². The molecule has 0 aromatic heterocycles. The first-order chi connectivity index (χ1) is 2.27. The molecule has 0 rings (SSSR count). The molecule has 0 N–H and O–H groups in total. The zero-order chi connectivity index (χ0) is 4.28. The summed E-state index contributed by atoms with van der Waals surface area (Å²) >= 11 is 5.21. The first-order valence-corrected chi connectivity index (χ1v) is 1.74. The molecule has 0 aromatic rings. The Morgan fingerprint density at radius 2 is 1.83 bits per heavy atom. The van der Waals surface area contributed by atoms with E-state index in [-0.39, 0.29) is 12.4 Å². The second-order valence-corrected chi connectivity index (χ2v) is 1.27. The first-order valence-electron chi connectivity index (χ1n) is 1.36. The lowest BCUT2D eigenvalue weighted by Gasteiger charge is -1.70. The highest BCUT2D eigenvalue weighted by Crippen LogP contribution is 1.76. The number of hydrogen-bond donors (Lipinski definition) is 0. The predicted octanol–water partition coefficient (Wildman–Crippen LogP) is 1.70. The Morgan fingerprint density at radius 3 is 1.83 bits per heavy atom. The Balaban J connectivity index is 0. The summed E-state index contributed by atoms with van der Waals surface area (Å²) in [7, 11) is 1.66. The zero-order valence-corrected chi connectivity index (χ0v) is 5.31. The van der Waals surface area contributed by atoms with E-state index in [1.54, 1.807) is 14.0 Å². The standard InChI is InChI=1S/C3H6ClN.ClH/c1-3(4)5-2;/h1-2H3;1H/b5-3-;. The molecule has 0 aliphatic carbocycles. The van der Waals surface area contributed by atoms with Crippen molar-refractivity contribution in [2.24, 2.45) is 4.99 Å². The van der Waals surface area contributed by atoms with Crippen LogP contribution in [0.15, 0.2) is 4.99 Å². The number of hydrogen-bond acceptors (Lipinski definition) is 1. The largest absolute Gasteiger partial charge is 0.281 e. The minimum atomic E-state index is 0. The lowest BCUT2D eigenvalue weighted by Crippen LogP contribution is -1.67. The average Bonchev–Trinajstić information content (AvgIpc) is 1.38. The highest BCUT2D eigenvalue weighted by atomic mass is 35.5. The molecule has 0 heterocycles. The van der Waals surface area contributed by atoms with Crippen LogP contribution in [0.3, 0.4) is 0 Å². The fourth-order valence-corrected chi connectivity index (χ4v) is 0.